The Hall–Kier alpha value is -2.37. The van der Waals surface area contributed by atoms with E-state index in [2.05, 4.69) is 10.1 Å². The number of benzene rings is 1. The maximum atomic E-state index is 10.9. The Morgan fingerprint density at radius 1 is 1.41 bits per heavy atom. The van der Waals surface area contributed by atoms with Gasteiger partial charge in [-0.3, -0.25) is 0 Å². The number of aromatic nitrogens is 3. The number of carbonyl (C=O) groups excluding carboxylic acids is 1. The number of hydrogen-bond acceptors (Lipinski definition) is 4. The lowest BCUT2D eigenvalue weighted by Crippen LogP contribution is -2.21. The van der Waals surface area contributed by atoms with Crippen molar-refractivity contribution in [3.63, 3.8) is 0 Å². The number of primary amides is 1. The third-order valence-corrected chi connectivity index (χ3v) is 2.25. The molecule has 2 rings (SSSR count). The highest BCUT2D eigenvalue weighted by molar-refractivity contribution is 5.65. The van der Waals surface area contributed by atoms with Gasteiger partial charge < -0.3 is 10.5 Å². The quantitative estimate of drug-likeness (QED) is 0.856. The second-order valence-electron chi connectivity index (χ2n) is 3.45. The van der Waals surface area contributed by atoms with Crippen molar-refractivity contribution in [1.82, 2.24) is 14.8 Å². The fourth-order valence-electron chi connectivity index (χ4n) is 1.52. The summed E-state index contributed by atoms with van der Waals surface area (Å²) in [6.07, 6.45) is 1.71. The average molecular weight is 232 g/mol. The van der Waals surface area contributed by atoms with Crippen molar-refractivity contribution in [3.8, 4) is 0 Å². The maximum Gasteiger partial charge on any atom is 0.405 e. The zero-order valence-corrected chi connectivity index (χ0v) is 9.06. The largest absolute Gasteiger partial charge is 0.440 e. The summed E-state index contributed by atoms with van der Waals surface area (Å²) in [5, 5.41) is 3.96. The Labute approximate surface area is 98.0 Å². The van der Waals surface area contributed by atoms with Gasteiger partial charge in [0.15, 0.2) is 0 Å². The normalized spacial score (nSPS) is 12.0. The number of amides is 1. The monoisotopic (exact) mass is 232 g/mol. The minimum Gasteiger partial charge on any atom is -0.440 e. The second-order valence-corrected chi connectivity index (χ2v) is 3.45. The van der Waals surface area contributed by atoms with Gasteiger partial charge in [-0.2, -0.15) is 5.10 Å². The van der Waals surface area contributed by atoms with Crippen molar-refractivity contribution in [3.05, 3.63) is 48.5 Å². The Morgan fingerprint density at radius 3 is 2.76 bits per heavy atom. The molecule has 88 valence electrons. The van der Waals surface area contributed by atoms with Crippen LogP contribution in [0.1, 0.15) is 11.7 Å². The van der Waals surface area contributed by atoms with Gasteiger partial charge >= 0.3 is 6.09 Å². The highest BCUT2D eigenvalue weighted by atomic mass is 16.6. The molecular weight excluding hydrogens is 220 g/mol. The molecule has 6 heteroatoms. The van der Waals surface area contributed by atoms with Crippen molar-refractivity contribution in [2.24, 2.45) is 5.73 Å². The average Bonchev–Trinajstić information content (AvgIpc) is 2.82. The number of nitrogens with two attached hydrogens (primary N) is 1. The van der Waals surface area contributed by atoms with Gasteiger partial charge in [-0.1, -0.05) is 30.3 Å². The Bertz CT molecular complexity index is 469. The van der Waals surface area contributed by atoms with Crippen LogP contribution < -0.4 is 5.73 Å². The highest BCUT2D eigenvalue weighted by Gasteiger charge is 2.15. The fraction of sp³-hybridized carbons (Fsp3) is 0.182. The minimum atomic E-state index is -0.807. The van der Waals surface area contributed by atoms with Crippen LogP contribution >= 0.6 is 0 Å². The van der Waals surface area contributed by atoms with Crippen LogP contribution in [0.4, 0.5) is 4.79 Å². The molecular formula is C11H12N4O2. The lowest BCUT2D eigenvalue weighted by molar-refractivity contribution is 0.0933. The van der Waals surface area contributed by atoms with Crippen molar-refractivity contribution in [2.75, 3.05) is 0 Å². The number of ether oxygens (including phenoxy) is 1. The summed E-state index contributed by atoms with van der Waals surface area (Å²) in [6, 6.07) is 9.36. The summed E-state index contributed by atoms with van der Waals surface area (Å²) in [7, 11) is 0. The number of carbonyl (C=O) groups is 1. The van der Waals surface area contributed by atoms with Crippen LogP contribution in [0, 0.1) is 0 Å². The first-order valence-electron chi connectivity index (χ1n) is 5.09. The predicted molar refractivity (Wildman–Crippen MR) is 59.9 cm³/mol. The summed E-state index contributed by atoms with van der Waals surface area (Å²) < 4.78 is 6.64. The third-order valence-electron chi connectivity index (χ3n) is 2.25. The summed E-state index contributed by atoms with van der Waals surface area (Å²) >= 11 is 0. The van der Waals surface area contributed by atoms with E-state index in [1.807, 2.05) is 30.3 Å². The molecule has 1 heterocycles. The van der Waals surface area contributed by atoms with E-state index >= 15 is 0 Å². The molecule has 0 bridgehead atoms. The summed E-state index contributed by atoms with van der Waals surface area (Å²) in [5.74, 6) is 0. The van der Waals surface area contributed by atoms with E-state index in [0.29, 0.717) is 6.54 Å². The van der Waals surface area contributed by atoms with E-state index in [0.717, 1.165) is 5.56 Å². The smallest absolute Gasteiger partial charge is 0.405 e. The molecule has 0 aliphatic rings. The summed E-state index contributed by atoms with van der Waals surface area (Å²) in [4.78, 5) is 14.7. The molecule has 17 heavy (non-hydrogen) atoms. The maximum absolute atomic E-state index is 10.9. The van der Waals surface area contributed by atoms with Crippen LogP contribution in [0.25, 0.3) is 0 Å². The van der Waals surface area contributed by atoms with Crippen LogP contribution in [0.15, 0.2) is 43.0 Å². The zero-order valence-electron chi connectivity index (χ0n) is 9.06. The van der Waals surface area contributed by atoms with Crippen LogP contribution in [0.2, 0.25) is 0 Å². The number of hydrogen-bond donors (Lipinski definition) is 1. The van der Waals surface area contributed by atoms with Crippen molar-refractivity contribution in [1.29, 1.82) is 0 Å². The summed E-state index contributed by atoms with van der Waals surface area (Å²) in [5.41, 5.74) is 5.92. The highest BCUT2D eigenvalue weighted by Crippen LogP contribution is 2.18. The van der Waals surface area contributed by atoms with Crippen LogP contribution in [0.3, 0.4) is 0 Å². The molecule has 1 atom stereocenters. The lowest BCUT2D eigenvalue weighted by Gasteiger charge is -2.16. The standard InChI is InChI=1S/C11H12N4O2/c12-11(16)17-10(6-15-8-13-7-14-15)9-4-2-1-3-5-9/h1-5,7-8,10H,6H2,(H2,12,16)/t10-/m0/s1. The molecule has 1 aromatic carbocycles. The van der Waals surface area contributed by atoms with Gasteiger partial charge in [-0.15, -0.1) is 0 Å². The van der Waals surface area contributed by atoms with Crippen LogP contribution in [-0.2, 0) is 11.3 Å². The Balaban J connectivity index is 2.16. The van der Waals surface area contributed by atoms with Gasteiger partial charge in [-0.25, -0.2) is 14.5 Å². The molecule has 0 saturated carbocycles. The first kappa shape index (κ1) is 11.1. The molecule has 0 aliphatic carbocycles. The molecule has 0 spiro atoms. The van der Waals surface area contributed by atoms with Crippen LogP contribution in [-0.4, -0.2) is 20.9 Å². The van der Waals surface area contributed by atoms with Crippen molar-refractivity contribution in [2.45, 2.75) is 12.6 Å². The first-order chi connectivity index (χ1) is 8.25. The lowest BCUT2D eigenvalue weighted by atomic mass is 10.1. The third kappa shape index (κ3) is 3.04. The van der Waals surface area contributed by atoms with E-state index in [1.165, 1.54) is 6.33 Å². The molecule has 0 fully saturated rings. The fourth-order valence-corrected chi connectivity index (χ4v) is 1.52. The van der Waals surface area contributed by atoms with Crippen molar-refractivity contribution >= 4 is 6.09 Å². The van der Waals surface area contributed by atoms with Gasteiger partial charge in [0.05, 0.1) is 6.54 Å². The first-order valence-corrected chi connectivity index (χ1v) is 5.09. The molecule has 2 aromatic rings. The molecule has 0 radical (unpaired) electrons. The van der Waals surface area contributed by atoms with Crippen LogP contribution in [0.5, 0.6) is 0 Å². The van der Waals surface area contributed by atoms with E-state index in [4.69, 9.17) is 10.5 Å². The minimum absolute atomic E-state index is 0.382. The van der Waals surface area contributed by atoms with E-state index in [-0.39, 0.29) is 0 Å². The molecule has 0 saturated heterocycles. The Kier molecular flexibility index (Phi) is 3.34. The van der Waals surface area contributed by atoms with E-state index in [1.54, 1.807) is 11.0 Å². The van der Waals surface area contributed by atoms with E-state index < -0.39 is 12.2 Å². The molecule has 1 amide bonds. The predicted octanol–water partition coefficient (Wildman–Crippen LogP) is 1.11. The van der Waals surface area contributed by atoms with Crippen molar-refractivity contribution < 1.29 is 9.53 Å². The number of nitrogens with zero attached hydrogens (tertiary/aromatic N) is 3. The SMILES string of the molecule is NC(=O)O[C@@H](Cn1cncn1)c1ccccc1. The Morgan fingerprint density at radius 2 is 2.18 bits per heavy atom. The molecule has 0 unspecified atom stereocenters. The summed E-state index contributed by atoms with van der Waals surface area (Å²) in [6.45, 7) is 0.382. The molecule has 6 nitrogen and oxygen atoms in total. The second kappa shape index (κ2) is 5.11. The van der Waals surface area contributed by atoms with Gasteiger partial charge in [0, 0.05) is 0 Å². The van der Waals surface area contributed by atoms with Gasteiger partial charge in [0.2, 0.25) is 0 Å². The molecule has 1 aromatic heterocycles. The van der Waals surface area contributed by atoms with E-state index in [9.17, 15) is 4.79 Å². The molecule has 0 aliphatic heterocycles. The van der Waals surface area contributed by atoms with Gasteiger partial charge in [0.25, 0.3) is 0 Å². The molecule has 2 N–H and O–H groups in total. The van der Waals surface area contributed by atoms with Gasteiger partial charge in [-0.05, 0) is 5.56 Å². The topological polar surface area (TPSA) is 83.0 Å². The zero-order chi connectivity index (χ0) is 12.1. The number of rotatable bonds is 4. The van der Waals surface area contributed by atoms with Gasteiger partial charge in [0.1, 0.15) is 18.8 Å².